The SMILES string of the molecule is COC(=O)[C@H](CO)NC(=O)c1ccc(C)c(C)c1. The molecule has 0 aromatic heterocycles. The molecule has 5 heteroatoms. The molecule has 0 radical (unpaired) electrons. The Kier molecular flexibility index (Phi) is 4.85. The van der Waals surface area contributed by atoms with Gasteiger partial charge in [-0.05, 0) is 37.1 Å². The Bertz CT molecular complexity index is 456. The van der Waals surface area contributed by atoms with Gasteiger partial charge in [-0.25, -0.2) is 4.79 Å². The maximum Gasteiger partial charge on any atom is 0.330 e. The second-order valence-corrected chi connectivity index (χ2v) is 4.03. The molecule has 0 aliphatic heterocycles. The number of aliphatic hydroxyl groups is 1. The molecular weight excluding hydrogens is 234 g/mol. The molecule has 2 N–H and O–H groups in total. The number of aryl methyl sites for hydroxylation is 2. The van der Waals surface area contributed by atoms with E-state index < -0.39 is 24.5 Å². The van der Waals surface area contributed by atoms with Crippen molar-refractivity contribution in [1.82, 2.24) is 5.32 Å². The lowest BCUT2D eigenvalue weighted by molar-refractivity contribution is -0.143. The summed E-state index contributed by atoms with van der Waals surface area (Å²) in [5.41, 5.74) is 2.51. The van der Waals surface area contributed by atoms with Gasteiger partial charge in [0.25, 0.3) is 5.91 Å². The fourth-order valence-electron chi connectivity index (χ4n) is 1.45. The quantitative estimate of drug-likeness (QED) is 0.767. The number of amides is 1. The minimum absolute atomic E-state index is 0.414. The van der Waals surface area contributed by atoms with E-state index in [1.165, 1.54) is 7.11 Å². The van der Waals surface area contributed by atoms with Crippen LogP contribution in [0, 0.1) is 13.8 Å². The van der Waals surface area contributed by atoms with E-state index in [9.17, 15) is 9.59 Å². The number of benzene rings is 1. The van der Waals surface area contributed by atoms with Gasteiger partial charge in [0.2, 0.25) is 0 Å². The molecule has 0 heterocycles. The molecule has 98 valence electrons. The van der Waals surface area contributed by atoms with Crippen LogP contribution in [-0.4, -0.2) is 36.7 Å². The average molecular weight is 251 g/mol. The van der Waals surface area contributed by atoms with Crippen LogP contribution in [0.4, 0.5) is 0 Å². The van der Waals surface area contributed by atoms with E-state index in [4.69, 9.17) is 5.11 Å². The van der Waals surface area contributed by atoms with E-state index in [1.807, 2.05) is 19.9 Å². The Morgan fingerprint density at radius 2 is 2.00 bits per heavy atom. The van der Waals surface area contributed by atoms with Gasteiger partial charge in [-0.3, -0.25) is 4.79 Å². The summed E-state index contributed by atoms with van der Waals surface area (Å²) in [6.45, 7) is 3.35. The molecule has 0 spiro atoms. The molecule has 1 amide bonds. The highest BCUT2D eigenvalue weighted by molar-refractivity contribution is 5.97. The summed E-state index contributed by atoms with van der Waals surface area (Å²) in [6, 6.07) is 4.19. The van der Waals surface area contributed by atoms with E-state index >= 15 is 0 Å². The Balaban J connectivity index is 2.81. The van der Waals surface area contributed by atoms with Crippen LogP contribution in [0.5, 0.6) is 0 Å². The summed E-state index contributed by atoms with van der Waals surface area (Å²) in [4.78, 5) is 23.1. The number of aliphatic hydroxyl groups excluding tert-OH is 1. The van der Waals surface area contributed by atoms with Crippen molar-refractivity contribution in [2.75, 3.05) is 13.7 Å². The molecule has 0 unspecified atom stereocenters. The van der Waals surface area contributed by atoms with Crippen molar-refractivity contribution < 1.29 is 19.4 Å². The average Bonchev–Trinajstić information content (AvgIpc) is 2.37. The number of hydrogen-bond donors (Lipinski definition) is 2. The summed E-state index contributed by atoms with van der Waals surface area (Å²) in [6.07, 6.45) is 0. The van der Waals surface area contributed by atoms with E-state index in [2.05, 4.69) is 10.1 Å². The van der Waals surface area contributed by atoms with Gasteiger partial charge in [0.1, 0.15) is 0 Å². The number of hydrogen-bond acceptors (Lipinski definition) is 4. The predicted molar refractivity (Wildman–Crippen MR) is 66.3 cm³/mol. The number of methoxy groups -OCH3 is 1. The molecule has 1 atom stereocenters. The molecule has 1 rings (SSSR count). The van der Waals surface area contributed by atoms with Gasteiger partial charge in [0, 0.05) is 5.56 Å². The lowest BCUT2D eigenvalue weighted by Gasteiger charge is -2.14. The first-order valence-corrected chi connectivity index (χ1v) is 5.56. The van der Waals surface area contributed by atoms with Crippen LogP contribution in [-0.2, 0) is 9.53 Å². The first-order valence-electron chi connectivity index (χ1n) is 5.56. The largest absolute Gasteiger partial charge is 0.467 e. The second kappa shape index (κ2) is 6.16. The summed E-state index contributed by atoms with van der Waals surface area (Å²) < 4.78 is 4.47. The molecule has 0 saturated carbocycles. The van der Waals surface area contributed by atoms with Crippen molar-refractivity contribution in [2.45, 2.75) is 19.9 Å². The number of carbonyl (C=O) groups excluding carboxylic acids is 2. The van der Waals surface area contributed by atoms with Crippen molar-refractivity contribution in [3.63, 3.8) is 0 Å². The minimum Gasteiger partial charge on any atom is -0.467 e. The van der Waals surface area contributed by atoms with Crippen molar-refractivity contribution in [3.05, 3.63) is 34.9 Å². The number of rotatable bonds is 4. The topological polar surface area (TPSA) is 75.6 Å². The number of ether oxygens (including phenoxy) is 1. The maximum atomic E-state index is 11.9. The van der Waals surface area contributed by atoms with Crippen molar-refractivity contribution in [3.8, 4) is 0 Å². The first-order chi connectivity index (χ1) is 8.49. The number of carbonyl (C=O) groups is 2. The lowest BCUT2D eigenvalue weighted by Crippen LogP contribution is -2.44. The van der Waals surface area contributed by atoms with E-state index in [0.717, 1.165) is 11.1 Å². The standard InChI is InChI=1S/C13H17NO4/c1-8-4-5-10(6-9(8)2)12(16)14-11(7-15)13(17)18-3/h4-6,11,15H,7H2,1-3H3,(H,14,16)/t11-/m0/s1. The third kappa shape index (κ3) is 3.30. The van der Waals surface area contributed by atoms with Crippen LogP contribution < -0.4 is 5.32 Å². The molecule has 5 nitrogen and oxygen atoms in total. The zero-order valence-corrected chi connectivity index (χ0v) is 10.7. The molecule has 18 heavy (non-hydrogen) atoms. The summed E-state index contributed by atoms with van der Waals surface area (Å²) in [5.74, 6) is -1.09. The minimum atomic E-state index is -1.04. The molecule has 0 saturated heterocycles. The zero-order valence-electron chi connectivity index (χ0n) is 10.7. The van der Waals surface area contributed by atoms with Gasteiger partial charge < -0.3 is 15.2 Å². The highest BCUT2D eigenvalue weighted by Crippen LogP contribution is 2.09. The first kappa shape index (κ1) is 14.2. The van der Waals surface area contributed by atoms with Crippen LogP contribution in [0.3, 0.4) is 0 Å². The molecular formula is C13H17NO4. The van der Waals surface area contributed by atoms with Gasteiger partial charge >= 0.3 is 5.97 Å². The van der Waals surface area contributed by atoms with E-state index in [-0.39, 0.29) is 0 Å². The van der Waals surface area contributed by atoms with Gasteiger partial charge in [0.15, 0.2) is 6.04 Å². The molecule has 0 aliphatic rings. The Hall–Kier alpha value is -1.88. The fraction of sp³-hybridized carbons (Fsp3) is 0.385. The predicted octanol–water partition coefficient (Wildman–Crippen LogP) is 0.567. The lowest BCUT2D eigenvalue weighted by atomic mass is 10.1. The Morgan fingerprint density at radius 3 is 2.50 bits per heavy atom. The third-order valence-electron chi connectivity index (χ3n) is 2.74. The molecule has 0 fully saturated rings. The maximum absolute atomic E-state index is 11.9. The number of nitrogens with one attached hydrogen (secondary N) is 1. The van der Waals surface area contributed by atoms with Crippen LogP contribution in [0.1, 0.15) is 21.5 Å². The summed E-state index contributed by atoms with van der Waals surface area (Å²) >= 11 is 0. The van der Waals surface area contributed by atoms with Crippen molar-refractivity contribution in [1.29, 1.82) is 0 Å². The normalized spacial score (nSPS) is 11.8. The van der Waals surface area contributed by atoms with Crippen LogP contribution in [0.2, 0.25) is 0 Å². The monoisotopic (exact) mass is 251 g/mol. The van der Waals surface area contributed by atoms with Gasteiger partial charge in [-0.15, -0.1) is 0 Å². The van der Waals surface area contributed by atoms with E-state index in [1.54, 1.807) is 12.1 Å². The van der Waals surface area contributed by atoms with Crippen molar-refractivity contribution in [2.24, 2.45) is 0 Å². The van der Waals surface area contributed by atoms with Crippen LogP contribution in [0.15, 0.2) is 18.2 Å². The van der Waals surface area contributed by atoms with Crippen LogP contribution >= 0.6 is 0 Å². The van der Waals surface area contributed by atoms with Gasteiger partial charge in [0.05, 0.1) is 13.7 Å². The second-order valence-electron chi connectivity index (χ2n) is 4.03. The molecule has 0 aliphatic carbocycles. The smallest absolute Gasteiger partial charge is 0.330 e. The Labute approximate surface area is 106 Å². The molecule has 1 aromatic carbocycles. The molecule has 1 aromatic rings. The summed E-state index contributed by atoms with van der Waals surface area (Å²) in [5, 5.41) is 11.4. The highest BCUT2D eigenvalue weighted by Gasteiger charge is 2.21. The third-order valence-corrected chi connectivity index (χ3v) is 2.74. The van der Waals surface area contributed by atoms with Crippen molar-refractivity contribution >= 4 is 11.9 Å². The zero-order chi connectivity index (χ0) is 13.7. The highest BCUT2D eigenvalue weighted by atomic mass is 16.5. The summed E-state index contributed by atoms with van der Waals surface area (Å²) in [7, 11) is 1.20. The number of esters is 1. The molecule has 0 bridgehead atoms. The fourth-order valence-corrected chi connectivity index (χ4v) is 1.45. The Morgan fingerprint density at radius 1 is 1.33 bits per heavy atom. The van der Waals surface area contributed by atoms with Gasteiger partial charge in [-0.2, -0.15) is 0 Å². The van der Waals surface area contributed by atoms with E-state index in [0.29, 0.717) is 5.56 Å². The van der Waals surface area contributed by atoms with Crippen LogP contribution in [0.25, 0.3) is 0 Å². The van der Waals surface area contributed by atoms with Gasteiger partial charge in [-0.1, -0.05) is 6.07 Å².